The predicted molar refractivity (Wildman–Crippen MR) is 103 cm³/mol. The molecule has 3 amide bonds. The first-order chi connectivity index (χ1) is 13.1. The molecule has 1 atom stereocenters. The molecule has 0 radical (unpaired) electrons. The van der Waals surface area contributed by atoms with E-state index in [-0.39, 0.29) is 23.8 Å². The van der Waals surface area contributed by atoms with Crippen molar-refractivity contribution in [3.8, 4) is 0 Å². The van der Waals surface area contributed by atoms with E-state index in [0.717, 1.165) is 37.1 Å². The van der Waals surface area contributed by atoms with Crippen LogP contribution in [0.15, 0.2) is 24.3 Å². The molecule has 2 fully saturated rings. The molecule has 3 rings (SSSR count). The summed E-state index contributed by atoms with van der Waals surface area (Å²) >= 11 is 0. The van der Waals surface area contributed by atoms with Crippen LogP contribution in [0.1, 0.15) is 38.2 Å². The minimum absolute atomic E-state index is 0.0382. The van der Waals surface area contributed by atoms with Crippen LogP contribution in [0.3, 0.4) is 0 Å². The first-order valence-electron chi connectivity index (χ1n) is 9.76. The number of amides is 3. The molecule has 2 aliphatic rings. The normalized spacial score (nSPS) is 20.2. The molecule has 1 unspecified atom stereocenters. The molecule has 0 spiro atoms. The number of carbonyl (C=O) groups excluding carboxylic acids is 3. The smallest absolute Gasteiger partial charge is 0.243 e. The first-order valence-corrected chi connectivity index (χ1v) is 9.76. The Labute approximate surface area is 160 Å². The average molecular weight is 372 g/mol. The fourth-order valence-corrected chi connectivity index (χ4v) is 3.70. The Bertz CT molecular complexity index is 689. The minimum atomic E-state index is -0.350. The van der Waals surface area contributed by atoms with Crippen LogP contribution in [0.25, 0.3) is 0 Å². The third-order valence-corrected chi connectivity index (χ3v) is 5.23. The molecule has 146 valence electrons. The van der Waals surface area contributed by atoms with Gasteiger partial charge in [-0.05, 0) is 37.0 Å². The summed E-state index contributed by atoms with van der Waals surface area (Å²) in [5.41, 5.74) is 2.00. The van der Waals surface area contributed by atoms with Crippen molar-refractivity contribution in [1.82, 2.24) is 15.5 Å². The number of benzene rings is 1. The molecule has 0 bridgehead atoms. The number of nitrogens with zero attached hydrogens (tertiary/aromatic N) is 2. The molecular formula is C20H28N4O3. The number of hydrogen-bond acceptors (Lipinski definition) is 4. The molecular weight excluding hydrogens is 344 g/mol. The van der Waals surface area contributed by atoms with Crippen LogP contribution >= 0.6 is 0 Å². The number of likely N-dealkylation sites (tertiary alicyclic amines) is 1. The van der Waals surface area contributed by atoms with Gasteiger partial charge in [0.25, 0.3) is 0 Å². The molecule has 2 N–H and O–H groups in total. The van der Waals surface area contributed by atoms with E-state index < -0.39 is 0 Å². The Morgan fingerprint density at radius 2 is 1.96 bits per heavy atom. The Hall–Kier alpha value is -2.57. The highest BCUT2D eigenvalue weighted by Gasteiger charge is 2.31. The van der Waals surface area contributed by atoms with E-state index in [4.69, 9.17) is 0 Å². The van der Waals surface area contributed by atoms with E-state index in [1.807, 2.05) is 36.1 Å². The van der Waals surface area contributed by atoms with Crippen molar-refractivity contribution in [1.29, 1.82) is 0 Å². The van der Waals surface area contributed by atoms with E-state index >= 15 is 0 Å². The largest absolute Gasteiger partial charge is 0.360 e. The van der Waals surface area contributed by atoms with Crippen LogP contribution in [0.4, 0.5) is 5.69 Å². The van der Waals surface area contributed by atoms with Gasteiger partial charge in [-0.1, -0.05) is 19.1 Å². The maximum atomic E-state index is 12.6. The molecule has 0 saturated carbocycles. The van der Waals surface area contributed by atoms with E-state index in [0.29, 0.717) is 32.6 Å². The summed E-state index contributed by atoms with van der Waals surface area (Å²) in [5, 5.41) is 5.79. The molecule has 0 aliphatic carbocycles. The lowest BCUT2D eigenvalue weighted by Gasteiger charge is -2.34. The molecule has 1 aromatic carbocycles. The molecule has 7 heteroatoms. The predicted octanol–water partition coefficient (Wildman–Crippen LogP) is 1.03. The van der Waals surface area contributed by atoms with Crippen molar-refractivity contribution < 1.29 is 14.4 Å². The van der Waals surface area contributed by atoms with Gasteiger partial charge in [-0.15, -0.1) is 0 Å². The van der Waals surface area contributed by atoms with E-state index in [1.54, 1.807) is 4.90 Å². The Morgan fingerprint density at radius 1 is 1.19 bits per heavy atom. The standard InChI is InChI=1S/C20H28N4O3/c1-2-19(26)24-11-4-3-5-17(24)20(27)22-13-15-6-8-16(9-7-15)23-12-10-21-18(25)14-23/h6-9,17H,2-5,10-14H2,1H3,(H,21,25)(H,22,27). The summed E-state index contributed by atoms with van der Waals surface area (Å²) in [5.74, 6) is 0.00861. The fraction of sp³-hybridized carbons (Fsp3) is 0.550. The third kappa shape index (κ3) is 4.78. The van der Waals surface area contributed by atoms with Crippen molar-refractivity contribution in [2.45, 2.75) is 45.2 Å². The zero-order valence-corrected chi connectivity index (χ0v) is 15.9. The van der Waals surface area contributed by atoms with Gasteiger partial charge in [-0.2, -0.15) is 0 Å². The van der Waals surface area contributed by atoms with Crippen LogP contribution in [0.2, 0.25) is 0 Å². The van der Waals surface area contributed by atoms with Gasteiger partial charge in [0.15, 0.2) is 0 Å². The number of piperidine rings is 1. The SMILES string of the molecule is CCC(=O)N1CCCCC1C(=O)NCc1ccc(N2CCNC(=O)C2)cc1. The zero-order chi connectivity index (χ0) is 19.2. The summed E-state index contributed by atoms with van der Waals surface area (Å²) in [6.45, 7) is 4.77. The maximum Gasteiger partial charge on any atom is 0.243 e. The highest BCUT2D eigenvalue weighted by molar-refractivity contribution is 5.87. The average Bonchev–Trinajstić information content (AvgIpc) is 2.71. The van der Waals surface area contributed by atoms with Gasteiger partial charge in [0, 0.05) is 38.3 Å². The number of hydrogen-bond donors (Lipinski definition) is 2. The number of carbonyl (C=O) groups is 3. The first kappa shape index (κ1) is 19.2. The van der Waals surface area contributed by atoms with Gasteiger partial charge >= 0.3 is 0 Å². The molecule has 0 aromatic heterocycles. The van der Waals surface area contributed by atoms with Gasteiger partial charge < -0.3 is 20.4 Å². The van der Waals surface area contributed by atoms with E-state index in [9.17, 15) is 14.4 Å². The zero-order valence-electron chi connectivity index (χ0n) is 15.9. The van der Waals surface area contributed by atoms with Crippen LogP contribution in [0.5, 0.6) is 0 Å². The van der Waals surface area contributed by atoms with Gasteiger partial charge in [0.1, 0.15) is 6.04 Å². The van der Waals surface area contributed by atoms with Crippen LogP contribution in [0, 0.1) is 0 Å². The van der Waals surface area contributed by atoms with Crippen molar-refractivity contribution in [3.63, 3.8) is 0 Å². The Morgan fingerprint density at radius 3 is 2.67 bits per heavy atom. The molecule has 2 heterocycles. The topological polar surface area (TPSA) is 81.8 Å². The second-order valence-electron chi connectivity index (χ2n) is 7.11. The highest BCUT2D eigenvalue weighted by Crippen LogP contribution is 2.19. The second-order valence-corrected chi connectivity index (χ2v) is 7.11. The lowest BCUT2D eigenvalue weighted by molar-refractivity contribution is -0.142. The van der Waals surface area contributed by atoms with E-state index in [2.05, 4.69) is 10.6 Å². The summed E-state index contributed by atoms with van der Waals surface area (Å²) in [6.07, 6.45) is 3.10. The Kier molecular flexibility index (Phi) is 6.32. The molecule has 2 aliphatic heterocycles. The lowest BCUT2D eigenvalue weighted by atomic mass is 10.0. The molecule has 2 saturated heterocycles. The summed E-state index contributed by atoms with van der Waals surface area (Å²) in [6, 6.07) is 7.55. The quantitative estimate of drug-likeness (QED) is 0.809. The lowest BCUT2D eigenvalue weighted by Crippen LogP contribution is -2.51. The molecule has 1 aromatic rings. The van der Waals surface area contributed by atoms with Crippen molar-refractivity contribution >= 4 is 23.4 Å². The number of nitrogens with one attached hydrogen (secondary N) is 2. The van der Waals surface area contributed by atoms with Crippen molar-refractivity contribution in [3.05, 3.63) is 29.8 Å². The fourth-order valence-electron chi connectivity index (χ4n) is 3.70. The highest BCUT2D eigenvalue weighted by atomic mass is 16.2. The summed E-state index contributed by atoms with van der Waals surface area (Å²) < 4.78 is 0. The van der Waals surface area contributed by atoms with Crippen molar-refractivity contribution in [2.24, 2.45) is 0 Å². The second kappa shape index (κ2) is 8.88. The van der Waals surface area contributed by atoms with Crippen LogP contribution in [-0.4, -0.2) is 54.8 Å². The monoisotopic (exact) mass is 372 g/mol. The van der Waals surface area contributed by atoms with Crippen molar-refractivity contribution in [2.75, 3.05) is 31.1 Å². The summed E-state index contributed by atoms with van der Waals surface area (Å²) in [4.78, 5) is 39.9. The van der Waals surface area contributed by atoms with Gasteiger partial charge in [-0.25, -0.2) is 0 Å². The number of piperazine rings is 1. The Balaban J connectivity index is 1.55. The molecule has 7 nitrogen and oxygen atoms in total. The van der Waals surface area contributed by atoms with Gasteiger partial charge in [0.2, 0.25) is 17.7 Å². The van der Waals surface area contributed by atoms with E-state index in [1.165, 1.54) is 0 Å². The summed E-state index contributed by atoms with van der Waals surface area (Å²) in [7, 11) is 0. The minimum Gasteiger partial charge on any atom is -0.360 e. The van der Waals surface area contributed by atoms with Crippen LogP contribution < -0.4 is 15.5 Å². The van der Waals surface area contributed by atoms with Crippen LogP contribution in [-0.2, 0) is 20.9 Å². The number of rotatable bonds is 5. The maximum absolute atomic E-state index is 12.6. The molecule has 27 heavy (non-hydrogen) atoms. The van der Waals surface area contributed by atoms with Gasteiger partial charge in [-0.3, -0.25) is 14.4 Å². The third-order valence-electron chi connectivity index (χ3n) is 5.23. The van der Waals surface area contributed by atoms with Gasteiger partial charge in [0.05, 0.1) is 6.54 Å². The number of anilines is 1.